The van der Waals surface area contributed by atoms with Crippen LogP contribution in [0.3, 0.4) is 0 Å². The predicted octanol–water partition coefficient (Wildman–Crippen LogP) is 2.96. The highest BCUT2D eigenvalue weighted by atomic mass is 79.9. The van der Waals surface area contributed by atoms with Crippen LogP contribution in [0.2, 0.25) is 0 Å². The Bertz CT molecular complexity index is 278. The van der Waals surface area contributed by atoms with E-state index in [1.807, 2.05) is 12.1 Å². The minimum atomic E-state index is 0.916. The number of rotatable bonds is 7. The molecule has 1 aromatic carbocycles. The summed E-state index contributed by atoms with van der Waals surface area (Å²) in [6.45, 7) is 1.99. The fourth-order valence-corrected chi connectivity index (χ4v) is 1.76. The first-order valence-corrected chi connectivity index (χ1v) is 6.38. The summed E-state index contributed by atoms with van der Waals surface area (Å²) in [5.74, 6) is 0.926. The average Bonchev–Trinajstić information content (AvgIpc) is 2.29. The average molecular weight is 272 g/mol. The molecule has 2 nitrogen and oxygen atoms in total. The summed E-state index contributed by atoms with van der Waals surface area (Å²) in [5, 5.41) is 4.50. The standard InChI is InChI=1S/C12H18BrNO/c1-15-12-6-4-5-11(9-12)10-14-8-3-2-7-13/h4-6,9,14H,2-3,7-8,10H2,1H3. The van der Waals surface area contributed by atoms with E-state index in [1.54, 1.807) is 7.11 Å². The van der Waals surface area contributed by atoms with E-state index in [0.717, 1.165) is 24.2 Å². The Balaban J connectivity index is 2.24. The lowest BCUT2D eigenvalue weighted by atomic mass is 10.2. The van der Waals surface area contributed by atoms with Gasteiger partial charge in [0.15, 0.2) is 0 Å². The zero-order chi connectivity index (χ0) is 10.9. The molecule has 0 atom stereocenters. The number of ether oxygens (including phenoxy) is 1. The Morgan fingerprint density at radius 2 is 2.20 bits per heavy atom. The van der Waals surface area contributed by atoms with Crippen LogP contribution in [0, 0.1) is 0 Å². The molecule has 0 aromatic heterocycles. The number of benzene rings is 1. The highest BCUT2D eigenvalue weighted by Gasteiger charge is 1.95. The van der Waals surface area contributed by atoms with E-state index in [0.29, 0.717) is 0 Å². The maximum Gasteiger partial charge on any atom is 0.119 e. The van der Waals surface area contributed by atoms with Gasteiger partial charge in [-0.15, -0.1) is 0 Å². The van der Waals surface area contributed by atoms with Gasteiger partial charge in [0, 0.05) is 11.9 Å². The molecule has 1 N–H and O–H groups in total. The fraction of sp³-hybridized carbons (Fsp3) is 0.500. The van der Waals surface area contributed by atoms with Crippen molar-refractivity contribution in [2.24, 2.45) is 0 Å². The molecule has 84 valence electrons. The van der Waals surface area contributed by atoms with Crippen LogP contribution in [0.15, 0.2) is 24.3 Å². The molecule has 15 heavy (non-hydrogen) atoms. The molecule has 0 aliphatic carbocycles. The van der Waals surface area contributed by atoms with Crippen LogP contribution in [0.5, 0.6) is 5.75 Å². The summed E-state index contributed by atoms with van der Waals surface area (Å²) >= 11 is 3.42. The first-order chi connectivity index (χ1) is 7.36. The van der Waals surface area contributed by atoms with Crippen LogP contribution >= 0.6 is 15.9 Å². The van der Waals surface area contributed by atoms with Crippen molar-refractivity contribution in [2.45, 2.75) is 19.4 Å². The largest absolute Gasteiger partial charge is 0.497 e. The Labute approximate surface area is 100 Å². The topological polar surface area (TPSA) is 21.3 Å². The van der Waals surface area contributed by atoms with E-state index in [4.69, 9.17) is 4.74 Å². The molecule has 0 spiro atoms. The molecule has 0 aliphatic rings. The third-order valence-corrected chi connectivity index (χ3v) is 2.76. The van der Waals surface area contributed by atoms with E-state index < -0.39 is 0 Å². The van der Waals surface area contributed by atoms with Gasteiger partial charge in [0.05, 0.1) is 7.11 Å². The van der Waals surface area contributed by atoms with Crippen molar-refractivity contribution in [3.63, 3.8) is 0 Å². The monoisotopic (exact) mass is 271 g/mol. The quantitative estimate of drug-likeness (QED) is 0.608. The van der Waals surface area contributed by atoms with Gasteiger partial charge in [0.2, 0.25) is 0 Å². The van der Waals surface area contributed by atoms with Crippen molar-refractivity contribution in [3.05, 3.63) is 29.8 Å². The lowest BCUT2D eigenvalue weighted by Gasteiger charge is -2.06. The molecular formula is C12H18BrNO. The summed E-state index contributed by atoms with van der Waals surface area (Å²) < 4.78 is 5.17. The molecule has 0 saturated heterocycles. The molecule has 3 heteroatoms. The predicted molar refractivity (Wildman–Crippen MR) is 67.7 cm³/mol. The number of hydrogen-bond donors (Lipinski definition) is 1. The molecule has 0 fully saturated rings. The number of hydrogen-bond acceptors (Lipinski definition) is 2. The van der Waals surface area contributed by atoms with E-state index in [1.165, 1.54) is 18.4 Å². The third-order valence-electron chi connectivity index (χ3n) is 2.20. The van der Waals surface area contributed by atoms with Gasteiger partial charge in [-0.05, 0) is 37.1 Å². The third kappa shape index (κ3) is 5.19. The Morgan fingerprint density at radius 1 is 1.33 bits per heavy atom. The van der Waals surface area contributed by atoms with Crippen LogP contribution in [0.4, 0.5) is 0 Å². The van der Waals surface area contributed by atoms with Gasteiger partial charge in [0.25, 0.3) is 0 Å². The zero-order valence-electron chi connectivity index (χ0n) is 9.13. The fourth-order valence-electron chi connectivity index (χ4n) is 1.36. The van der Waals surface area contributed by atoms with Crippen LogP contribution < -0.4 is 10.1 Å². The summed E-state index contributed by atoms with van der Waals surface area (Å²) in [5.41, 5.74) is 1.27. The highest BCUT2D eigenvalue weighted by molar-refractivity contribution is 9.09. The number of unbranched alkanes of at least 4 members (excludes halogenated alkanes) is 1. The van der Waals surface area contributed by atoms with Crippen LogP contribution in [-0.2, 0) is 6.54 Å². The zero-order valence-corrected chi connectivity index (χ0v) is 10.7. The summed E-state index contributed by atoms with van der Waals surface area (Å²) in [7, 11) is 1.70. The lowest BCUT2D eigenvalue weighted by molar-refractivity contribution is 0.414. The molecule has 0 bridgehead atoms. The van der Waals surface area contributed by atoms with Gasteiger partial charge in [-0.3, -0.25) is 0 Å². The van der Waals surface area contributed by atoms with Crippen molar-refractivity contribution in [1.29, 1.82) is 0 Å². The molecule has 0 aliphatic heterocycles. The molecule has 0 heterocycles. The van der Waals surface area contributed by atoms with Crippen LogP contribution in [-0.4, -0.2) is 19.0 Å². The van der Waals surface area contributed by atoms with E-state index in [-0.39, 0.29) is 0 Å². The molecule has 0 radical (unpaired) electrons. The van der Waals surface area contributed by atoms with Gasteiger partial charge in [-0.1, -0.05) is 28.1 Å². The second-order valence-corrected chi connectivity index (χ2v) is 4.22. The molecule has 0 saturated carbocycles. The number of methoxy groups -OCH3 is 1. The minimum Gasteiger partial charge on any atom is -0.497 e. The second kappa shape index (κ2) is 7.71. The SMILES string of the molecule is COc1cccc(CNCCCCBr)c1. The van der Waals surface area contributed by atoms with Crippen molar-refractivity contribution >= 4 is 15.9 Å². The molecule has 1 rings (SSSR count). The van der Waals surface area contributed by atoms with Crippen molar-refractivity contribution in [3.8, 4) is 5.75 Å². The van der Waals surface area contributed by atoms with Crippen LogP contribution in [0.25, 0.3) is 0 Å². The molecule has 1 aromatic rings. The van der Waals surface area contributed by atoms with Gasteiger partial charge in [-0.2, -0.15) is 0 Å². The number of alkyl halides is 1. The van der Waals surface area contributed by atoms with Crippen molar-refractivity contribution < 1.29 is 4.74 Å². The van der Waals surface area contributed by atoms with Gasteiger partial charge in [0.1, 0.15) is 5.75 Å². The Kier molecular flexibility index (Phi) is 6.44. The Morgan fingerprint density at radius 3 is 2.93 bits per heavy atom. The number of nitrogens with one attached hydrogen (secondary N) is 1. The first kappa shape index (κ1) is 12.5. The summed E-state index contributed by atoms with van der Waals surface area (Å²) in [6, 6.07) is 8.17. The molecule has 0 amide bonds. The highest BCUT2D eigenvalue weighted by Crippen LogP contribution is 2.11. The van der Waals surface area contributed by atoms with Crippen LogP contribution in [0.1, 0.15) is 18.4 Å². The van der Waals surface area contributed by atoms with E-state index in [2.05, 4.69) is 33.4 Å². The second-order valence-electron chi connectivity index (χ2n) is 3.42. The van der Waals surface area contributed by atoms with Crippen molar-refractivity contribution in [2.75, 3.05) is 19.0 Å². The lowest BCUT2D eigenvalue weighted by Crippen LogP contribution is -2.14. The molecular weight excluding hydrogens is 254 g/mol. The first-order valence-electron chi connectivity index (χ1n) is 5.26. The van der Waals surface area contributed by atoms with Gasteiger partial charge < -0.3 is 10.1 Å². The van der Waals surface area contributed by atoms with Gasteiger partial charge in [-0.25, -0.2) is 0 Å². The summed E-state index contributed by atoms with van der Waals surface area (Å²) in [6.07, 6.45) is 2.44. The van der Waals surface area contributed by atoms with Gasteiger partial charge >= 0.3 is 0 Å². The molecule has 0 unspecified atom stereocenters. The maximum atomic E-state index is 5.17. The van der Waals surface area contributed by atoms with E-state index >= 15 is 0 Å². The minimum absolute atomic E-state index is 0.916. The summed E-state index contributed by atoms with van der Waals surface area (Å²) in [4.78, 5) is 0. The Hall–Kier alpha value is -0.540. The maximum absolute atomic E-state index is 5.17. The number of halogens is 1. The van der Waals surface area contributed by atoms with E-state index in [9.17, 15) is 0 Å². The van der Waals surface area contributed by atoms with Crippen molar-refractivity contribution in [1.82, 2.24) is 5.32 Å². The smallest absolute Gasteiger partial charge is 0.119 e. The normalized spacial score (nSPS) is 10.3.